The zero-order valence-corrected chi connectivity index (χ0v) is 9.75. The van der Waals surface area contributed by atoms with Crippen molar-refractivity contribution in [3.05, 3.63) is 42.1 Å². The van der Waals surface area contributed by atoms with Gasteiger partial charge in [-0.2, -0.15) is 0 Å². The lowest BCUT2D eigenvalue weighted by Crippen LogP contribution is -1.98. The molecule has 92 valence electrons. The van der Waals surface area contributed by atoms with Crippen molar-refractivity contribution in [2.24, 2.45) is 0 Å². The van der Waals surface area contributed by atoms with Gasteiger partial charge in [0, 0.05) is 17.4 Å². The third kappa shape index (κ3) is 2.24. The number of carboxylic acid groups (broad SMARTS) is 1. The van der Waals surface area contributed by atoms with Crippen molar-refractivity contribution in [1.29, 1.82) is 0 Å². The van der Waals surface area contributed by atoms with Gasteiger partial charge in [0.05, 0.1) is 18.4 Å². The zero-order chi connectivity index (χ0) is 13.1. The minimum absolute atomic E-state index is 0.171. The van der Waals surface area contributed by atoms with E-state index in [0.717, 1.165) is 0 Å². The number of hydrogen-bond acceptors (Lipinski definition) is 4. The fourth-order valence-corrected chi connectivity index (χ4v) is 1.64. The molecule has 0 spiro atoms. The zero-order valence-electron chi connectivity index (χ0n) is 9.75. The summed E-state index contributed by atoms with van der Waals surface area (Å²) in [5.41, 5.74) is 7.63. The number of benzene rings is 1. The van der Waals surface area contributed by atoms with Crippen LogP contribution >= 0.6 is 0 Å². The first-order valence-electron chi connectivity index (χ1n) is 5.25. The number of aromatic carboxylic acids is 1. The third-order valence-electron chi connectivity index (χ3n) is 2.51. The highest BCUT2D eigenvalue weighted by Crippen LogP contribution is 2.30. The maximum Gasteiger partial charge on any atom is 0.335 e. The lowest BCUT2D eigenvalue weighted by atomic mass is 10.1. The van der Waals surface area contributed by atoms with E-state index in [9.17, 15) is 4.79 Å². The number of nitrogens with two attached hydrogens (primary N) is 1. The smallest absolute Gasteiger partial charge is 0.335 e. The van der Waals surface area contributed by atoms with E-state index in [1.807, 2.05) is 0 Å². The molecule has 0 saturated carbocycles. The number of hydrogen-bond donors (Lipinski definition) is 2. The molecule has 2 rings (SSSR count). The molecular weight excluding hydrogens is 232 g/mol. The van der Waals surface area contributed by atoms with Crippen molar-refractivity contribution in [2.45, 2.75) is 0 Å². The van der Waals surface area contributed by atoms with Crippen LogP contribution in [0.3, 0.4) is 0 Å². The molecule has 0 bridgehead atoms. The first-order valence-corrected chi connectivity index (χ1v) is 5.25. The van der Waals surface area contributed by atoms with E-state index in [1.54, 1.807) is 18.2 Å². The number of methoxy groups -OCH3 is 1. The molecule has 0 aliphatic rings. The number of anilines is 1. The van der Waals surface area contributed by atoms with Gasteiger partial charge in [-0.3, -0.25) is 4.98 Å². The molecule has 0 aliphatic carbocycles. The van der Waals surface area contributed by atoms with Gasteiger partial charge in [0.15, 0.2) is 0 Å². The molecule has 18 heavy (non-hydrogen) atoms. The normalized spacial score (nSPS) is 10.1. The number of nitrogens with zero attached hydrogens (tertiary/aromatic N) is 1. The molecule has 0 fully saturated rings. The van der Waals surface area contributed by atoms with E-state index in [4.69, 9.17) is 15.6 Å². The number of aromatic nitrogens is 1. The maximum atomic E-state index is 10.9. The largest absolute Gasteiger partial charge is 0.496 e. The van der Waals surface area contributed by atoms with Crippen LogP contribution in [0.15, 0.2) is 36.5 Å². The van der Waals surface area contributed by atoms with Crippen molar-refractivity contribution in [2.75, 3.05) is 12.8 Å². The number of carbonyl (C=O) groups is 1. The molecule has 5 heteroatoms. The SMILES string of the molecule is COc1ccc(N)cc1-c1cc(C(=O)O)ccn1. The fourth-order valence-electron chi connectivity index (χ4n) is 1.64. The molecule has 2 aromatic rings. The summed E-state index contributed by atoms with van der Waals surface area (Å²) in [4.78, 5) is 15.1. The van der Waals surface area contributed by atoms with Crippen LogP contribution in [0.2, 0.25) is 0 Å². The van der Waals surface area contributed by atoms with Gasteiger partial charge in [0.2, 0.25) is 0 Å². The molecule has 0 saturated heterocycles. The molecule has 5 nitrogen and oxygen atoms in total. The van der Waals surface area contributed by atoms with Crippen molar-refractivity contribution >= 4 is 11.7 Å². The lowest BCUT2D eigenvalue weighted by Gasteiger charge is -2.09. The van der Waals surface area contributed by atoms with Gasteiger partial charge < -0.3 is 15.6 Å². The summed E-state index contributed by atoms with van der Waals surface area (Å²) < 4.78 is 5.21. The Labute approximate surface area is 104 Å². The van der Waals surface area contributed by atoms with Gasteiger partial charge in [-0.05, 0) is 30.3 Å². The maximum absolute atomic E-state index is 10.9. The van der Waals surface area contributed by atoms with E-state index in [0.29, 0.717) is 22.7 Å². The summed E-state index contributed by atoms with van der Waals surface area (Å²) in [6.07, 6.45) is 1.45. The second kappa shape index (κ2) is 4.75. The average molecular weight is 244 g/mol. The van der Waals surface area contributed by atoms with Gasteiger partial charge in [0.25, 0.3) is 0 Å². The van der Waals surface area contributed by atoms with Crippen LogP contribution in [0.25, 0.3) is 11.3 Å². The molecule has 1 aromatic heterocycles. The average Bonchev–Trinajstić information content (AvgIpc) is 2.39. The van der Waals surface area contributed by atoms with Gasteiger partial charge >= 0.3 is 5.97 Å². The van der Waals surface area contributed by atoms with Crippen molar-refractivity contribution < 1.29 is 14.6 Å². The standard InChI is InChI=1S/C13H12N2O3/c1-18-12-3-2-9(14)7-10(12)11-6-8(13(16)17)4-5-15-11/h2-7H,14H2,1H3,(H,16,17). The highest BCUT2D eigenvalue weighted by Gasteiger charge is 2.10. The van der Waals surface area contributed by atoms with E-state index >= 15 is 0 Å². The predicted molar refractivity (Wildman–Crippen MR) is 67.6 cm³/mol. The van der Waals surface area contributed by atoms with Crippen molar-refractivity contribution in [3.63, 3.8) is 0 Å². The minimum Gasteiger partial charge on any atom is -0.496 e. The molecule has 0 radical (unpaired) electrons. The topological polar surface area (TPSA) is 85.4 Å². The van der Waals surface area contributed by atoms with Crippen LogP contribution in [-0.2, 0) is 0 Å². The Kier molecular flexibility index (Phi) is 3.14. The molecule has 0 unspecified atom stereocenters. The highest BCUT2D eigenvalue weighted by molar-refractivity contribution is 5.89. The third-order valence-corrected chi connectivity index (χ3v) is 2.51. The number of carboxylic acids is 1. The summed E-state index contributed by atoms with van der Waals surface area (Å²) in [7, 11) is 1.54. The van der Waals surface area contributed by atoms with E-state index in [-0.39, 0.29) is 5.56 Å². The summed E-state index contributed by atoms with van der Waals surface area (Å²) in [5.74, 6) is -0.402. The van der Waals surface area contributed by atoms with Gasteiger partial charge in [-0.15, -0.1) is 0 Å². The van der Waals surface area contributed by atoms with Gasteiger partial charge in [0.1, 0.15) is 5.75 Å². The number of ether oxygens (including phenoxy) is 1. The molecule has 0 atom stereocenters. The summed E-state index contributed by atoms with van der Waals surface area (Å²) in [6, 6.07) is 8.06. The van der Waals surface area contributed by atoms with Crippen LogP contribution in [0, 0.1) is 0 Å². The van der Waals surface area contributed by atoms with E-state index < -0.39 is 5.97 Å². The first-order chi connectivity index (χ1) is 8.61. The Hall–Kier alpha value is -2.56. The van der Waals surface area contributed by atoms with Crippen molar-refractivity contribution in [3.8, 4) is 17.0 Å². The number of rotatable bonds is 3. The van der Waals surface area contributed by atoms with Gasteiger partial charge in [-0.25, -0.2) is 4.79 Å². The molecular formula is C13H12N2O3. The van der Waals surface area contributed by atoms with E-state index in [1.165, 1.54) is 25.4 Å². The second-order valence-corrected chi connectivity index (χ2v) is 3.69. The molecule has 3 N–H and O–H groups in total. The monoisotopic (exact) mass is 244 g/mol. The van der Waals surface area contributed by atoms with Crippen molar-refractivity contribution in [1.82, 2.24) is 4.98 Å². The lowest BCUT2D eigenvalue weighted by molar-refractivity contribution is 0.0697. The predicted octanol–water partition coefficient (Wildman–Crippen LogP) is 2.04. The molecule has 0 amide bonds. The quantitative estimate of drug-likeness (QED) is 0.807. The highest BCUT2D eigenvalue weighted by atomic mass is 16.5. The summed E-state index contributed by atoms with van der Waals surface area (Å²) >= 11 is 0. The second-order valence-electron chi connectivity index (χ2n) is 3.69. The summed E-state index contributed by atoms with van der Waals surface area (Å²) in [6.45, 7) is 0. The molecule has 1 aromatic carbocycles. The molecule has 0 aliphatic heterocycles. The summed E-state index contributed by atoms with van der Waals surface area (Å²) in [5, 5.41) is 8.95. The van der Waals surface area contributed by atoms with Crippen LogP contribution < -0.4 is 10.5 Å². The fraction of sp³-hybridized carbons (Fsp3) is 0.0769. The number of nitrogen functional groups attached to an aromatic ring is 1. The van der Waals surface area contributed by atoms with Crippen LogP contribution in [-0.4, -0.2) is 23.2 Å². The molecule has 1 heterocycles. The van der Waals surface area contributed by atoms with Crippen LogP contribution in [0.4, 0.5) is 5.69 Å². The Morgan fingerprint density at radius 1 is 1.33 bits per heavy atom. The van der Waals surface area contributed by atoms with Crippen LogP contribution in [0.1, 0.15) is 10.4 Å². The van der Waals surface area contributed by atoms with Gasteiger partial charge in [-0.1, -0.05) is 0 Å². The Bertz CT molecular complexity index is 597. The van der Waals surface area contributed by atoms with E-state index in [2.05, 4.69) is 4.98 Å². The Balaban J connectivity index is 2.57. The Morgan fingerprint density at radius 2 is 2.11 bits per heavy atom. The minimum atomic E-state index is -0.999. The number of pyridine rings is 1. The van der Waals surface area contributed by atoms with Crippen LogP contribution in [0.5, 0.6) is 5.75 Å². The first kappa shape index (κ1) is 11.9. The Morgan fingerprint density at radius 3 is 2.78 bits per heavy atom.